The molecule has 9 heteroatoms. The van der Waals surface area contributed by atoms with Gasteiger partial charge >= 0.3 is 0 Å². The van der Waals surface area contributed by atoms with E-state index in [1.807, 2.05) is 13.8 Å². The molecule has 0 aliphatic carbocycles. The van der Waals surface area contributed by atoms with Gasteiger partial charge in [-0.1, -0.05) is 0 Å². The molecular formula is C13H20N2O4S3. The standard InChI is InChI=1S/C7H11NO3S2.C6H9NOS/c1-6-7(12-5-8-6)3-4-11-13(2,9)10;1-5-6(2-3-8)9-4-7-5/h5H,3-4H2,1-2H3;4,8H,2-3H2,1H3. The number of aromatic nitrogens is 2. The number of aliphatic hydroxyl groups excluding tert-OH is 1. The van der Waals surface area contributed by atoms with Gasteiger partial charge in [0.15, 0.2) is 0 Å². The summed E-state index contributed by atoms with van der Waals surface area (Å²) < 4.78 is 25.8. The molecule has 124 valence electrons. The molecule has 0 spiro atoms. The van der Waals surface area contributed by atoms with Crippen molar-refractivity contribution in [3.05, 3.63) is 32.2 Å². The first-order valence-electron chi connectivity index (χ1n) is 6.56. The van der Waals surface area contributed by atoms with Gasteiger partial charge in [0.25, 0.3) is 10.1 Å². The molecule has 0 radical (unpaired) electrons. The maximum atomic E-state index is 10.6. The van der Waals surface area contributed by atoms with Crippen LogP contribution in [0.15, 0.2) is 11.0 Å². The second-order valence-corrected chi connectivity index (χ2v) is 7.99. The molecule has 22 heavy (non-hydrogen) atoms. The molecular weight excluding hydrogens is 344 g/mol. The summed E-state index contributed by atoms with van der Waals surface area (Å²) in [5.74, 6) is 0. The fraction of sp³-hybridized carbons (Fsp3) is 0.538. The fourth-order valence-corrected chi connectivity index (χ4v) is 3.44. The molecule has 0 unspecified atom stereocenters. The van der Waals surface area contributed by atoms with Crippen LogP contribution in [0.25, 0.3) is 0 Å². The summed E-state index contributed by atoms with van der Waals surface area (Å²) in [7, 11) is -3.31. The third kappa shape index (κ3) is 7.41. The quantitative estimate of drug-likeness (QED) is 0.788. The molecule has 0 atom stereocenters. The number of aliphatic hydroxyl groups is 1. The number of aryl methyl sites for hydroxylation is 2. The lowest BCUT2D eigenvalue weighted by atomic mass is 10.3. The van der Waals surface area contributed by atoms with Crippen molar-refractivity contribution in [1.82, 2.24) is 9.97 Å². The van der Waals surface area contributed by atoms with Crippen molar-refractivity contribution in [3.63, 3.8) is 0 Å². The summed E-state index contributed by atoms with van der Waals surface area (Å²) in [6, 6.07) is 0. The first-order chi connectivity index (χ1) is 10.3. The van der Waals surface area contributed by atoms with Crippen LogP contribution in [0.2, 0.25) is 0 Å². The zero-order valence-corrected chi connectivity index (χ0v) is 15.2. The van der Waals surface area contributed by atoms with Gasteiger partial charge in [0, 0.05) is 29.2 Å². The monoisotopic (exact) mass is 364 g/mol. The Kier molecular flexibility index (Phi) is 8.12. The van der Waals surface area contributed by atoms with Crippen LogP contribution in [0.5, 0.6) is 0 Å². The van der Waals surface area contributed by atoms with Gasteiger partial charge in [0.1, 0.15) is 0 Å². The van der Waals surface area contributed by atoms with Crippen LogP contribution >= 0.6 is 22.7 Å². The second kappa shape index (κ2) is 9.31. The summed E-state index contributed by atoms with van der Waals surface area (Å²) in [5.41, 5.74) is 5.54. The largest absolute Gasteiger partial charge is 0.396 e. The zero-order valence-electron chi connectivity index (χ0n) is 12.8. The van der Waals surface area contributed by atoms with Gasteiger partial charge < -0.3 is 5.11 Å². The van der Waals surface area contributed by atoms with Gasteiger partial charge in [0.2, 0.25) is 0 Å². The molecule has 1 N–H and O–H groups in total. The van der Waals surface area contributed by atoms with Crippen molar-refractivity contribution >= 4 is 32.8 Å². The van der Waals surface area contributed by atoms with E-state index in [4.69, 9.17) is 5.11 Å². The third-order valence-electron chi connectivity index (χ3n) is 2.66. The third-order valence-corrected chi connectivity index (χ3v) is 5.24. The summed E-state index contributed by atoms with van der Waals surface area (Å²) in [4.78, 5) is 10.4. The first kappa shape index (κ1) is 19.2. The molecule has 0 bridgehead atoms. The topological polar surface area (TPSA) is 89.4 Å². The van der Waals surface area contributed by atoms with Crippen LogP contribution in [-0.2, 0) is 27.1 Å². The molecule has 0 saturated heterocycles. The highest BCUT2D eigenvalue weighted by Gasteiger charge is 2.04. The van der Waals surface area contributed by atoms with Gasteiger partial charge in [-0.3, -0.25) is 4.18 Å². The smallest absolute Gasteiger partial charge is 0.264 e. The summed E-state index contributed by atoms with van der Waals surface area (Å²) in [6.45, 7) is 4.28. The maximum Gasteiger partial charge on any atom is 0.264 e. The molecule has 0 saturated carbocycles. The molecule has 0 aliphatic rings. The Morgan fingerprint density at radius 2 is 1.59 bits per heavy atom. The first-order valence-corrected chi connectivity index (χ1v) is 10.1. The number of hydrogen-bond donors (Lipinski definition) is 1. The lowest BCUT2D eigenvalue weighted by molar-refractivity contribution is 0.300. The Bertz CT molecular complexity index is 664. The van der Waals surface area contributed by atoms with Crippen molar-refractivity contribution in [2.24, 2.45) is 0 Å². The van der Waals surface area contributed by atoms with Crippen LogP contribution < -0.4 is 0 Å². The number of hydrogen-bond acceptors (Lipinski definition) is 8. The Labute approximate surface area is 139 Å². The van der Waals surface area contributed by atoms with Crippen LogP contribution in [0.3, 0.4) is 0 Å². The minimum Gasteiger partial charge on any atom is -0.396 e. The van der Waals surface area contributed by atoms with Crippen LogP contribution in [-0.4, -0.2) is 43.0 Å². The Morgan fingerprint density at radius 3 is 1.95 bits per heavy atom. The molecule has 0 fully saturated rings. The minimum atomic E-state index is -3.31. The molecule has 2 heterocycles. The zero-order chi connectivity index (χ0) is 16.6. The molecule has 6 nitrogen and oxygen atoms in total. The number of nitrogens with zero attached hydrogens (tertiary/aromatic N) is 2. The van der Waals surface area contributed by atoms with E-state index in [1.165, 1.54) is 16.2 Å². The van der Waals surface area contributed by atoms with Crippen LogP contribution in [0.1, 0.15) is 21.1 Å². The van der Waals surface area contributed by atoms with Gasteiger partial charge in [0.05, 0.1) is 35.3 Å². The van der Waals surface area contributed by atoms with E-state index in [9.17, 15) is 8.42 Å². The highest BCUT2D eigenvalue weighted by Crippen LogP contribution is 2.13. The average molecular weight is 365 g/mol. The lowest BCUT2D eigenvalue weighted by Gasteiger charge is -1.99. The van der Waals surface area contributed by atoms with E-state index < -0.39 is 10.1 Å². The summed E-state index contributed by atoms with van der Waals surface area (Å²) in [6.07, 6.45) is 2.40. The summed E-state index contributed by atoms with van der Waals surface area (Å²) in [5, 5.41) is 8.54. The van der Waals surface area contributed by atoms with Crippen molar-refractivity contribution < 1.29 is 17.7 Å². The van der Waals surface area contributed by atoms with E-state index in [1.54, 1.807) is 22.4 Å². The fourth-order valence-electron chi connectivity index (χ4n) is 1.52. The summed E-state index contributed by atoms with van der Waals surface area (Å²) >= 11 is 3.12. The molecule has 2 rings (SSSR count). The molecule has 2 aromatic rings. The van der Waals surface area contributed by atoms with E-state index in [-0.39, 0.29) is 13.2 Å². The second-order valence-electron chi connectivity index (χ2n) is 4.47. The van der Waals surface area contributed by atoms with Gasteiger partial charge in [-0.05, 0) is 13.8 Å². The highest BCUT2D eigenvalue weighted by molar-refractivity contribution is 7.85. The Hall–Kier alpha value is -0.870. The van der Waals surface area contributed by atoms with Crippen molar-refractivity contribution in [2.75, 3.05) is 19.5 Å². The lowest BCUT2D eigenvalue weighted by Crippen LogP contribution is -2.05. The molecule has 0 aliphatic heterocycles. The van der Waals surface area contributed by atoms with E-state index >= 15 is 0 Å². The highest BCUT2D eigenvalue weighted by atomic mass is 32.2. The number of thiazole rings is 2. The van der Waals surface area contributed by atoms with Crippen LogP contribution in [0.4, 0.5) is 0 Å². The van der Waals surface area contributed by atoms with Crippen molar-refractivity contribution in [3.8, 4) is 0 Å². The Balaban J connectivity index is 0.000000235. The SMILES string of the molecule is Cc1ncsc1CCO.Cc1ncsc1CCOS(C)(=O)=O. The Morgan fingerprint density at radius 1 is 1.09 bits per heavy atom. The van der Waals surface area contributed by atoms with Gasteiger partial charge in [-0.2, -0.15) is 8.42 Å². The van der Waals surface area contributed by atoms with Crippen molar-refractivity contribution in [2.45, 2.75) is 26.7 Å². The molecule has 0 aromatic carbocycles. The van der Waals surface area contributed by atoms with Crippen LogP contribution in [0, 0.1) is 13.8 Å². The normalized spacial score (nSPS) is 11.1. The molecule has 0 amide bonds. The van der Waals surface area contributed by atoms with Gasteiger partial charge in [-0.25, -0.2) is 9.97 Å². The van der Waals surface area contributed by atoms with E-state index in [0.717, 1.165) is 28.9 Å². The van der Waals surface area contributed by atoms with Gasteiger partial charge in [-0.15, -0.1) is 22.7 Å². The van der Waals surface area contributed by atoms with E-state index in [2.05, 4.69) is 14.2 Å². The van der Waals surface area contributed by atoms with E-state index in [0.29, 0.717) is 6.42 Å². The van der Waals surface area contributed by atoms with Crippen molar-refractivity contribution in [1.29, 1.82) is 0 Å². The maximum absolute atomic E-state index is 10.6. The average Bonchev–Trinajstić information content (AvgIpc) is 3.00. The number of rotatable bonds is 6. The predicted molar refractivity (Wildman–Crippen MR) is 89.0 cm³/mol. The minimum absolute atomic E-state index is 0.196. The molecule has 2 aromatic heterocycles. The predicted octanol–water partition coefficient (Wildman–Crippen LogP) is 1.96.